The van der Waals surface area contributed by atoms with Crippen LogP contribution in [0.15, 0.2) is 73.4 Å². The Kier molecular flexibility index (Phi) is 6.09. The zero-order valence-electron chi connectivity index (χ0n) is 22.9. The minimum atomic E-state index is 0.551. The van der Waals surface area contributed by atoms with Gasteiger partial charge in [0.1, 0.15) is 11.9 Å². The molecule has 0 N–H and O–H groups in total. The molecule has 1 aromatic carbocycles. The number of pyridine rings is 2. The number of piperidine rings is 1. The van der Waals surface area contributed by atoms with Crippen molar-refractivity contribution in [3.05, 3.63) is 90.1 Å². The Morgan fingerprint density at radius 2 is 1.68 bits per heavy atom. The molecule has 2 bridgehead atoms. The van der Waals surface area contributed by atoms with Crippen LogP contribution in [0.5, 0.6) is 0 Å². The third-order valence-electron chi connectivity index (χ3n) is 8.55. The van der Waals surface area contributed by atoms with Crippen LogP contribution in [0.2, 0.25) is 0 Å². The summed E-state index contributed by atoms with van der Waals surface area (Å²) < 4.78 is 3.70. The number of piperazine rings is 1. The van der Waals surface area contributed by atoms with Crippen LogP contribution in [0, 0.1) is 11.3 Å². The average molecular weight is 529 g/mol. The van der Waals surface area contributed by atoms with E-state index in [2.05, 4.69) is 82.4 Å². The standard InChI is InChI=1S/C32H32N8/c1-3-22-5-7-23(8-6-22)17-39-28-12-29(39)21-37(20-28)31-10-9-24(14-34-31)30-11-25(27-16-35-38(4-2)18-27)19-40-32(30)26(13-33)15-36-40/h5-11,14-16,18-19,28-29H,3-4,12,17,20-21H2,1-2H3. The van der Waals surface area contributed by atoms with Gasteiger partial charge in [-0.05, 0) is 49.1 Å². The summed E-state index contributed by atoms with van der Waals surface area (Å²) in [6.45, 7) is 8.10. The van der Waals surface area contributed by atoms with Gasteiger partial charge in [0.2, 0.25) is 0 Å². The van der Waals surface area contributed by atoms with Crippen molar-refractivity contribution in [1.29, 1.82) is 5.26 Å². The molecule has 0 radical (unpaired) electrons. The summed E-state index contributed by atoms with van der Waals surface area (Å²) in [4.78, 5) is 9.98. The zero-order valence-corrected chi connectivity index (χ0v) is 22.9. The average Bonchev–Trinajstić information content (AvgIpc) is 3.67. The van der Waals surface area contributed by atoms with Crippen molar-refractivity contribution in [2.24, 2.45) is 0 Å². The van der Waals surface area contributed by atoms with Crippen LogP contribution in [0.4, 0.5) is 5.82 Å². The number of hydrogen-bond acceptors (Lipinski definition) is 6. The smallest absolute Gasteiger partial charge is 0.128 e. The molecule has 3 aliphatic heterocycles. The van der Waals surface area contributed by atoms with E-state index in [-0.39, 0.29) is 0 Å². The van der Waals surface area contributed by atoms with Crippen LogP contribution in [-0.2, 0) is 19.5 Å². The van der Waals surface area contributed by atoms with Gasteiger partial charge >= 0.3 is 0 Å². The summed E-state index contributed by atoms with van der Waals surface area (Å²) in [6, 6.07) is 18.9. The predicted octanol–water partition coefficient (Wildman–Crippen LogP) is 5.18. The molecule has 3 aliphatic rings. The van der Waals surface area contributed by atoms with Gasteiger partial charge in [-0.2, -0.15) is 15.5 Å². The Balaban J connectivity index is 1.12. The van der Waals surface area contributed by atoms with Gasteiger partial charge in [-0.1, -0.05) is 31.2 Å². The summed E-state index contributed by atoms with van der Waals surface area (Å²) in [5.74, 6) is 1.01. The van der Waals surface area contributed by atoms with E-state index in [1.54, 1.807) is 10.7 Å². The third kappa shape index (κ3) is 4.23. The second-order valence-electron chi connectivity index (χ2n) is 10.9. The highest BCUT2D eigenvalue weighted by Crippen LogP contribution is 2.37. The van der Waals surface area contributed by atoms with Gasteiger partial charge in [0.25, 0.3) is 0 Å². The van der Waals surface area contributed by atoms with Gasteiger partial charge in [0, 0.05) is 79.1 Å². The van der Waals surface area contributed by atoms with Crippen LogP contribution < -0.4 is 4.90 Å². The molecule has 5 aromatic rings. The normalized spacial score (nSPS) is 18.6. The summed E-state index contributed by atoms with van der Waals surface area (Å²) in [5.41, 5.74) is 8.06. The molecule has 200 valence electrons. The van der Waals surface area contributed by atoms with Crippen LogP contribution in [0.25, 0.3) is 27.8 Å². The molecule has 2 atom stereocenters. The molecular weight excluding hydrogens is 496 g/mol. The van der Waals surface area contributed by atoms with Gasteiger partial charge in [-0.3, -0.25) is 9.58 Å². The first-order valence-corrected chi connectivity index (χ1v) is 14.1. The van der Waals surface area contributed by atoms with Crippen molar-refractivity contribution in [2.45, 2.75) is 51.9 Å². The fourth-order valence-corrected chi connectivity index (χ4v) is 6.22. The Morgan fingerprint density at radius 1 is 0.875 bits per heavy atom. The minimum absolute atomic E-state index is 0.551. The molecule has 3 saturated heterocycles. The number of benzene rings is 1. The maximum atomic E-state index is 9.76. The van der Waals surface area contributed by atoms with E-state index in [1.807, 2.05) is 29.5 Å². The Morgan fingerprint density at radius 3 is 2.35 bits per heavy atom. The first kappa shape index (κ1) is 24.6. The van der Waals surface area contributed by atoms with Crippen LogP contribution in [-0.4, -0.2) is 54.5 Å². The molecule has 0 saturated carbocycles. The maximum Gasteiger partial charge on any atom is 0.128 e. The Hall–Kier alpha value is -4.48. The predicted molar refractivity (Wildman–Crippen MR) is 156 cm³/mol. The molecule has 40 heavy (non-hydrogen) atoms. The highest BCUT2D eigenvalue weighted by Gasteiger charge is 2.44. The number of fused-ring (bicyclic) bond motifs is 3. The topological polar surface area (TPSA) is 78.3 Å². The van der Waals surface area contributed by atoms with E-state index in [1.165, 1.54) is 17.5 Å². The monoisotopic (exact) mass is 528 g/mol. The second kappa shape index (κ2) is 9.92. The molecule has 7 heterocycles. The van der Waals surface area contributed by atoms with Gasteiger partial charge in [0.05, 0.1) is 23.5 Å². The lowest BCUT2D eigenvalue weighted by atomic mass is 9.86. The number of rotatable bonds is 7. The lowest BCUT2D eigenvalue weighted by Gasteiger charge is -2.56. The summed E-state index contributed by atoms with van der Waals surface area (Å²) in [6.07, 6.45) is 11.8. The van der Waals surface area contributed by atoms with E-state index in [0.29, 0.717) is 17.6 Å². The lowest BCUT2D eigenvalue weighted by molar-refractivity contribution is -0.00868. The Labute approximate surface area is 234 Å². The van der Waals surface area contributed by atoms with Crippen LogP contribution in [0.1, 0.15) is 37.0 Å². The summed E-state index contributed by atoms with van der Waals surface area (Å²) in [7, 11) is 0. The van der Waals surface area contributed by atoms with Crippen molar-refractivity contribution in [2.75, 3.05) is 18.0 Å². The third-order valence-corrected chi connectivity index (χ3v) is 8.55. The molecule has 2 unspecified atom stereocenters. The van der Waals surface area contributed by atoms with Gasteiger partial charge in [0.15, 0.2) is 0 Å². The number of anilines is 1. The quantitative estimate of drug-likeness (QED) is 0.290. The van der Waals surface area contributed by atoms with Crippen molar-refractivity contribution in [3.8, 4) is 28.3 Å². The fourth-order valence-electron chi connectivity index (χ4n) is 6.22. The van der Waals surface area contributed by atoms with E-state index in [4.69, 9.17) is 4.98 Å². The van der Waals surface area contributed by atoms with Gasteiger partial charge in [-0.15, -0.1) is 0 Å². The van der Waals surface area contributed by atoms with Crippen molar-refractivity contribution in [3.63, 3.8) is 0 Å². The largest absolute Gasteiger partial charge is 0.353 e. The Bertz CT molecular complexity index is 1690. The van der Waals surface area contributed by atoms with E-state index in [0.717, 1.165) is 66.2 Å². The molecule has 8 heteroatoms. The van der Waals surface area contributed by atoms with E-state index >= 15 is 0 Å². The maximum absolute atomic E-state index is 9.76. The summed E-state index contributed by atoms with van der Waals surface area (Å²) >= 11 is 0. The van der Waals surface area contributed by atoms with Crippen molar-refractivity contribution in [1.82, 2.24) is 29.3 Å². The second-order valence-corrected chi connectivity index (χ2v) is 10.9. The molecular formula is C32H32N8. The van der Waals surface area contributed by atoms with E-state index in [9.17, 15) is 5.26 Å². The lowest BCUT2D eigenvalue weighted by Crippen LogP contribution is -2.68. The highest BCUT2D eigenvalue weighted by molar-refractivity contribution is 5.87. The SMILES string of the molecule is CCc1ccc(CN2C3CC2CN(c2ccc(-c4cc(-c5cnn(CC)c5)cn5ncc(C#N)c45)cn2)C3)cc1. The van der Waals surface area contributed by atoms with Crippen molar-refractivity contribution >= 4 is 11.3 Å². The fraction of sp³-hybridized carbons (Fsp3) is 0.312. The number of nitrogens with zero attached hydrogens (tertiary/aromatic N) is 8. The number of aromatic nitrogens is 5. The van der Waals surface area contributed by atoms with Gasteiger partial charge in [-0.25, -0.2) is 9.50 Å². The number of hydrogen-bond donors (Lipinski definition) is 0. The highest BCUT2D eigenvalue weighted by atomic mass is 15.4. The molecule has 4 aromatic heterocycles. The van der Waals surface area contributed by atoms with E-state index < -0.39 is 0 Å². The molecule has 0 amide bonds. The molecule has 0 aliphatic carbocycles. The van der Waals surface area contributed by atoms with Gasteiger partial charge < -0.3 is 4.90 Å². The molecule has 8 nitrogen and oxygen atoms in total. The number of nitriles is 1. The minimum Gasteiger partial charge on any atom is -0.353 e. The summed E-state index contributed by atoms with van der Waals surface area (Å²) in [5, 5.41) is 18.7. The van der Waals surface area contributed by atoms with Crippen molar-refractivity contribution < 1.29 is 0 Å². The first-order chi connectivity index (χ1) is 19.6. The molecule has 3 fully saturated rings. The molecule has 0 spiro atoms. The zero-order chi connectivity index (χ0) is 27.2. The molecule has 8 rings (SSSR count). The van der Waals surface area contributed by atoms with Crippen LogP contribution in [0.3, 0.4) is 0 Å². The van der Waals surface area contributed by atoms with Crippen LogP contribution >= 0.6 is 0 Å². The number of aryl methyl sites for hydroxylation is 2. The first-order valence-electron chi connectivity index (χ1n) is 14.1.